The summed E-state index contributed by atoms with van der Waals surface area (Å²) in [7, 11) is 0. The Kier molecular flexibility index (Phi) is 3.76. The number of hydrogen-bond acceptors (Lipinski definition) is 3. The maximum atomic E-state index is 12.5. The van der Waals surface area contributed by atoms with Gasteiger partial charge in [0.05, 0.1) is 0 Å². The number of carboxylic acids is 1. The molecule has 0 bridgehead atoms. The van der Waals surface area contributed by atoms with Crippen LogP contribution in [0.15, 0.2) is 24.3 Å². The minimum absolute atomic E-state index is 0.188. The van der Waals surface area contributed by atoms with Crippen LogP contribution in [0.3, 0.4) is 0 Å². The highest BCUT2D eigenvalue weighted by atomic mass is 19.1. The first-order valence-corrected chi connectivity index (χ1v) is 4.41. The second-order valence-electron chi connectivity index (χ2n) is 3.28. The maximum Gasteiger partial charge on any atom is 0.334 e. The zero-order valence-corrected chi connectivity index (χ0v) is 7.93. The van der Waals surface area contributed by atoms with Gasteiger partial charge in [0.2, 0.25) is 0 Å². The summed E-state index contributed by atoms with van der Waals surface area (Å²) in [6.07, 6.45) is -1.41. The molecule has 0 aliphatic rings. The van der Waals surface area contributed by atoms with Crippen molar-refractivity contribution in [2.45, 2.75) is 18.6 Å². The van der Waals surface area contributed by atoms with Crippen LogP contribution < -0.4 is 5.73 Å². The molecule has 0 fully saturated rings. The first-order valence-electron chi connectivity index (χ1n) is 4.41. The molecule has 0 saturated heterocycles. The number of carbonyl (C=O) groups is 1. The minimum atomic E-state index is -1.60. The lowest BCUT2D eigenvalue weighted by molar-refractivity contribution is -0.147. The average molecular weight is 213 g/mol. The van der Waals surface area contributed by atoms with Crippen molar-refractivity contribution in [3.63, 3.8) is 0 Å². The number of hydrogen-bond donors (Lipinski definition) is 3. The lowest BCUT2D eigenvalue weighted by atomic mass is 10.0. The summed E-state index contributed by atoms with van der Waals surface area (Å²) in [5.41, 5.74) is 6.15. The van der Waals surface area contributed by atoms with E-state index >= 15 is 0 Å². The van der Waals surface area contributed by atoms with E-state index in [1.54, 1.807) is 0 Å². The van der Waals surface area contributed by atoms with E-state index in [9.17, 15) is 9.18 Å². The van der Waals surface area contributed by atoms with Crippen LogP contribution in [-0.4, -0.2) is 28.3 Å². The van der Waals surface area contributed by atoms with Crippen LogP contribution in [0.5, 0.6) is 0 Å². The van der Waals surface area contributed by atoms with Crippen LogP contribution in [0.1, 0.15) is 5.56 Å². The summed E-state index contributed by atoms with van der Waals surface area (Å²) in [5.74, 6) is -1.73. The Bertz CT molecular complexity index is 339. The normalized spacial score (nSPS) is 14.6. The van der Waals surface area contributed by atoms with E-state index in [1.807, 2.05) is 0 Å². The molecular formula is C10H12FNO3. The zero-order valence-electron chi connectivity index (χ0n) is 7.93. The Morgan fingerprint density at radius 2 is 1.93 bits per heavy atom. The fourth-order valence-corrected chi connectivity index (χ4v) is 1.19. The van der Waals surface area contributed by atoms with Crippen LogP contribution in [0, 0.1) is 5.82 Å². The molecule has 82 valence electrons. The van der Waals surface area contributed by atoms with Gasteiger partial charge in [-0.3, -0.25) is 0 Å². The molecule has 1 aromatic rings. The first-order chi connectivity index (χ1) is 7.00. The van der Waals surface area contributed by atoms with Gasteiger partial charge in [-0.15, -0.1) is 0 Å². The van der Waals surface area contributed by atoms with Gasteiger partial charge in [-0.1, -0.05) is 12.1 Å². The molecule has 1 aromatic carbocycles. The lowest BCUT2D eigenvalue weighted by Crippen LogP contribution is -2.41. The molecule has 0 amide bonds. The van der Waals surface area contributed by atoms with Gasteiger partial charge >= 0.3 is 5.97 Å². The molecule has 0 aliphatic carbocycles. The number of benzene rings is 1. The number of aliphatic carboxylic acids is 1. The van der Waals surface area contributed by atoms with Gasteiger partial charge in [0, 0.05) is 6.04 Å². The van der Waals surface area contributed by atoms with Crippen molar-refractivity contribution >= 4 is 5.97 Å². The number of nitrogens with two attached hydrogens (primary N) is 1. The van der Waals surface area contributed by atoms with E-state index in [0.717, 1.165) is 0 Å². The van der Waals surface area contributed by atoms with Crippen molar-refractivity contribution < 1.29 is 19.4 Å². The molecule has 2 atom stereocenters. The molecular weight excluding hydrogens is 201 g/mol. The minimum Gasteiger partial charge on any atom is -0.479 e. The van der Waals surface area contributed by atoms with Crippen molar-refractivity contribution in [1.29, 1.82) is 0 Å². The number of aliphatic hydroxyl groups excluding tert-OH is 1. The third-order valence-electron chi connectivity index (χ3n) is 2.04. The number of aliphatic hydroxyl groups is 1. The third kappa shape index (κ3) is 3.30. The van der Waals surface area contributed by atoms with Crippen LogP contribution in [-0.2, 0) is 11.2 Å². The summed E-state index contributed by atoms with van der Waals surface area (Å²) in [6.45, 7) is 0. The van der Waals surface area contributed by atoms with Crippen molar-refractivity contribution in [3.05, 3.63) is 35.6 Å². The van der Waals surface area contributed by atoms with Crippen molar-refractivity contribution in [2.24, 2.45) is 5.73 Å². The predicted octanol–water partition coefficient (Wildman–Crippen LogP) is 0.141. The van der Waals surface area contributed by atoms with Gasteiger partial charge < -0.3 is 15.9 Å². The van der Waals surface area contributed by atoms with Crippen LogP contribution in [0.4, 0.5) is 4.39 Å². The van der Waals surface area contributed by atoms with E-state index < -0.39 is 18.1 Å². The lowest BCUT2D eigenvalue weighted by Gasteiger charge is -2.14. The smallest absolute Gasteiger partial charge is 0.334 e. The predicted molar refractivity (Wildman–Crippen MR) is 51.7 cm³/mol. The molecule has 1 rings (SSSR count). The van der Waals surface area contributed by atoms with Crippen molar-refractivity contribution in [3.8, 4) is 0 Å². The standard InChI is InChI=1S/C10H12FNO3/c11-7-3-1-6(2-4-7)5-8(12)9(13)10(14)15/h1-4,8-9,13H,5,12H2,(H,14,15)/t8-,9+/m0/s1. The van der Waals surface area contributed by atoms with E-state index in [2.05, 4.69) is 0 Å². The number of halogens is 1. The summed E-state index contributed by atoms with van der Waals surface area (Å²) >= 11 is 0. The monoisotopic (exact) mass is 213 g/mol. The van der Waals surface area contributed by atoms with E-state index in [0.29, 0.717) is 5.56 Å². The largest absolute Gasteiger partial charge is 0.479 e. The Balaban J connectivity index is 2.62. The second-order valence-corrected chi connectivity index (χ2v) is 3.28. The zero-order chi connectivity index (χ0) is 11.4. The third-order valence-corrected chi connectivity index (χ3v) is 2.04. The summed E-state index contributed by atoms with van der Waals surface area (Å²) in [5, 5.41) is 17.6. The number of carboxylic acid groups (broad SMARTS) is 1. The van der Waals surface area contributed by atoms with Crippen molar-refractivity contribution in [1.82, 2.24) is 0 Å². The fraction of sp³-hybridized carbons (Fsp3) is 0.300. The van der Waals surface area contributed by atoms with E-state index in [1.165, 1.54) is 24.3 Å². The Hall–Kier alpha value is -1.46. The summed E-state index contributed by atoms with van der Waals surface area (Å²) in [4.78, 5) is 10.4. The fourth-order valence-electron chi connectivity index (χ4n) is 1.19. The van der Waals surface area contributed by atoms with Gasteiger partial charge in [-0.25, -0.2) is 9.18 Å². The highest BCUT2D eigenvalue weighted by Gasteiger charge is 2.21. The molecule has 0 unspecified atom stereocenters. The van der Waals surface area contributed by atoms with Gasteiger partial charge in [-0.05, 0) is 24.1 Å². The molecule has 15 heavy (non-hydrogen) atoms. The molecule has 4 N–H and O–H groups in total. The van der Waals surface area contributed by atoms with Crippen LogP contribution in [0.2, 0.25) is 0 Å². The molecule has 0 radical (unpaired) electrons. The Labute approximate surface area is 86.1 Å². The molecule has 0 aliphatic heterocycles. The molecule has 5 heteroatoms. The highest BCUT2D eigenvalue weighted by molar-refractivity contribution is 5.72. The number of rotatable bonds is 4. The molecule has 0 heterocycles. The molecule has 0 spiro atoms. The Morgan fingerprint density at radius 1 is 1.40 bits per heavy atom. The quantitative estimate of drug-likeness (QED) is 0.664. The van der Waals surface area contributed by atoms with Crippen molar-refractivity contribution in [2.75, 3.05) is 0 Å². The second kappa shape index (κ2) is 4.86. The summed E-state index contributed by atoms with van der Waals surface area (Å²) in [6, 6.07) is 4.63. The topological polar surface area (TPSA) is 83.5 Å². The van der Waals surface area contributed by atoms with Gasteiger partial charge in [0.15, 0.2) is 6.10 Å². The van der Waals surface area contributed by atoms with E-state index in [-0.39, 0.29) is 12.2 Å². The first kappa shape index (κ1) is 11.6. The molecule has 0 aromatic heterocycles. The molecule has 4 nitrogen and oxygen atoms in total. The summed E-state index contributed by atoms with van der Waals surface area (Å²) < 4.78 is 12.5. The van der Waals surface area contributed by atoms with Gasteiger partial charge in [-0.2, -0.15) is 0 Å². The SMILES string of the molecule is N[C@@H](Cc1ccc(F)cc1)[C@@H](O)C(=O)O. The van der Waals surface area contributed by atoms with E-state index in [4.69, 9.17) is 15.9 Å². The van der Waals surface area contributed by atoms with Gasteiger partial charge in [0.1, 0.15) is 5.82 Å². The maximum absolute atomic E-state index is 12.5. The average Bonchev–Trinajstić information content (AvgIpc) is 2.20. The van der Waals surface area contributed by atoms with Crippen LogP contribution in [0.25, 0.3) is 0 Å². The Morgan fingerprint density at radius 3 is 2.40 bits per heavy atom. The van der Waals surface area contributed by atoms with Crippen LogP contribution >= 0.6 is 0 Å². The van der Waals surface area contributed by atoms with Gasteiger partial charge in [0.25, 0.3) is 0 Å². The highest BCUT2D eigenvalue weighted by Crippen LogP contribution is 2.06. The molecule has 0 saturated carbocycles.